The van der Waals surface area contributed by atoms with Gasteiger partial charge in [-0.1, -0.05) is 41.9 Å². The number of benzene rings is 2. The van der Waals surface area contributed by atoms with Crippen molar-refractivity contribution in [3.05, 3.63) is 63.9 Å². The Balaban J connectivity index is 2.13. The molecule has 2 aromatic carbocycles. The molecule has 2 rings (SSSR count). The molecular weight excluding hydrogens is 451 g/mol. The lowest BCUT2D eigenvalue weighted by Crippen LogP contribution is -2.49. The average molecular weight is 479 g/mol. The minimum absolute atomic E-state index is 0.179. The third-order valence-electron chi connectivity index (χ3n) is 4.61. The Kier molecular flexibility index (Phi) is 8.84. The molecule has 0 spiro atoms. The van der Waals surface area contributed by atoms with E-state index in [1.54, 1.807) is 25.1 Å². The zero-order valence-electron chi connectivity index (χ0n) is 17.7. The molecule has 30 heavy (non-hydrogen) atoms. The van der Waals surface area contributed by atoms with Gasteiger partial charge in [-0.15, -0.1) is 0 Å². The Morgan fingerprint density at radius 1 is 1.13 bits per heavy atom. The van der Waals surface area contributed by atoms with Crippen molar-refractivity contribution in [3.63, 3.8) is 0 Å². The molecule has 0 aromatic heterocycles. The van der Waals surface area contributed by atoms with Crippen LogP contribution in [0.1, 0.15) is 31.9 Å². The van der Waals surface area contributed by atoms with Crippen LogP contribution < -0.4 is 10.1 Å². The number of nitrogens with one attached hydrogen (secondary N) is 1. The third kappa shape index (κ3) is 7.13. The highest BCUT2D eigenvalue weighted by atomic mass is 79.9. The number of carbonyl (C=O) groups is 2. The van der Waals surface area contributed by atoms with Gasteiger partial charge in [0.2, 0.25) is 5.91 Å². The second kappa shape index (κ2) is 11.1. The van der Waals surface area contributed by atoms with Crippen molar-refractivity contribution in [1.82, 2.24) is 10.2 Å². The van der Waals surface area contributed by atoms with Crippen molar-refractivity contribution in [2.75, 3.05) is 13.2 Å². The zero-order chi connectivity index (χ0) is 22.3. The van der Waals surface area contributed by atoms with Gasteiger partial charge in [-0.25, -0.2) is 4.39 Å². The van der Waals surface area contributed by atoms with Crippen LogP contribution in [0.4, 0.5) is 4.39 Å². The summed E-state index contributed by atoms with van der Waals surface area (Å²) < 4.78 is 19.9. The number of halogens is 2. The van der Waals surface area contributed by atoms with Crippen LogP contribution in [0.3, 0.4) is 0 Å². The number of carbonyl (C=O) groups excluding carboxylic acids is 2. The Labute approximate surface area is 185 Å². The molecule has 2 aromatic rings. The molecule has 1 atom stereocenters. The van der Waals surface area contributed by atoms with E-state index in [1.165, 1.54) is 17.0 Å². The highest BCUT2D eigenvalue weighted by molar-refractivity contribution is 9.10. The van der Waals surface area contributed by atoms with Crippen molar-refractivity contribution in [2.24, 2.45) is 5.92 Å². The summed E-state index contributed by atoms with van der Waals surface area (Å²) >= 11 is 3.43. The summed E-state index contributed by atoms with van der Waals surface area (Å²) in [4.78, 5) is 27.0. The summed E-state index contributed by atoms with van der Waals surface area (Å²) in [6.07, 6.45) is 0. The fourth-order valence-corrected chi connectivity index (χ4v) is 3.00. The van der Waals surface area contributed by atoms with E-state index in [2.05, 4.69) is 21.2 Å². The summed E-state index contributed by atoms with van der Waals surface area (Å²) in [7, 11) is 0. The fraction of sp³-hybridized carbons (Fsp3) is 0.391. The Bertz CT molecular complexity index is 871. The van der Waals surface area contributed by atoms with Gasteiger partial charge in [-0.2, -0.15) is 0 Å². The summed E-state index contributed by atoms with van der Waals surface area (Å²) in [5, 5.41) is 2.86. The molecule has 5 nitrogen and oxygen atoms in total. The number of aryl methyl sites for hydroxylation is 1. The lowest BCUT2D eigenvalue weighted by atomic mass is 10.1. The first kappa shape index (κ1) is 23.9. The van der Waals surface area contributed by atoms with Crippen LogP contribution in [0.15, 0.2) is 46.9 Å². The van der Waals surface area contributed by atoms with Gasteiger partial charge in [0.25, 0.3) is 5.91 Å². The molecule has 0 aliphatic carbocycles. The smallest absolute Gasteiger partial charge is 0.261 e. The SMILES string of the molecule is Cc1cc(OCC(=O)N(Cc2ccc(F)cc2)C(C)C(=O)NCC(C)C)ccc1Br. The fourth-order valence-electron chi connectivity index (χ4n) is 2.76. The summed E-state index contributed by atoms with van der Waals surface area (Å²) in [5.74, 6) is -0.0480. The number of ether oxygens (including phenoxy) is 1. The molecular formula is C23H28BrFN2O3. The number of amides is 2. The lowest BCUT2D eigenvalue weighted by Gasteiger charge is -2.29. The zero-order valence-corrected chi connectivity index (χ0v) is 19.3. The van der Waals surface area contributed by atoms with Crippen LogP contribution >= 0.6 is 15.9 Å². The average Bonchev–Trinajstić information content (AvgIpc) is 2.71. The summed E-state index contributed by atoms with van der Waals surface area (Å²) in [6, 6.07) is 10.6. The minimum Gasteiger partial charge on any atom is -0.484 e. The maximum absolute atomic E-state index is 13.2. The van der Waals surface area contributed by atoms with Gasteiger partial charge >= 0.3 is 0 Å². The maximum Gasteiger partial charge on any atom is 0.261 e. The van der Waals surface area contributed by atoms with Crippen LogP contribution in [0.25, 0.3) is 0 Å². The molecule has 2 amide bonds. The van der Waals surface area contributed by atoms with Crippen molar-refractivity contribution in [2.45, 2.75) is 40.3 Å². The second-order valence-electron chi connectivity index (χ2n) is 7.66. The molecule has 0 saturated heterocycles. The normalized spacial score (nSPS) is 11.8. The molecule has 0 radical (unpaired) electrons. The molecule has 0 fully saturated rings. The van der Waals surface area contributed by atoms with E-state index in [4.69, 9.17) is 4.74 Å². The first-order valence-electron chi connectivity index (χ1n) is 9.88. The van der Waals surface area contributed by atoms with Crippen LogP contribution in [-0.4, -0.2) is 35.9 Å². The van der Waals surface area contributed by atoms with Crippen LogP contribution in [0.2, 0.25) is 0 Å². The monoisotopic (exact) mass is 478 g/mol. The summed E-state index contributed by atoms with van der Waals surface area (Å²) in [6.45, 7) is 8.11. The maximum atomic E-state index is 13.2. The lowest BCUT2D eigenvalue weighted by molar-refractivity contribution is -0.142. The topological polar surface area (TPSA) is 58.6 Å². The van der Waals surface area contributed by atoms with Gasteiger partial charge < -0.3 is 15.0 Å². The van der Waals surface area contributed by atoms with Gasteiger partial charge in [0, 0.05) is 17.6 Å². The second-order valence-corrected chi connectivity index (χ2v) is 8.52. The summed E-state index contributed by atoms with van der Waals surface area (Å²) in [5.41, 5.74) is 1.72. The Morgan fingerprint density at radius 3 is 2.40 bits per heavy atom. The highest BCUT2D eigenvalue weighted by Crippen LogP contribution is 2.22. The number of hydrogen-bond donors (Lipinski definition) is 1. The van der Waals surface area contributed by atoms with E-state index in [-0.39, 0.29) is 30.8 Å². The van der Waals surface area contributed by atoms with E-state index in [1.807, 2.05) is 32.9 Å². The molecule has 0 saturated carbocycles. The van der Waals surface area contributed by atoms with E-state index in [9.17, 15) is 14.0 Å². The van der Waals surface area contributed by atoms with Crippen LogP contribution in [-0.2, 0) is 16.1 Å². The van der Waals surface area contributed by atoms with Crippen molar-refractivity contribution in [3.8, 4) is 5.75 Å². The van der Waals surface area contributed by atoms with Gasteiger partial charge in [-0.3, -0.25) is 9.59 Å². The molecule has 0 bridgehead atoms. The van der Waals surface area contributed by atoms with Crippen molar-refractivity contribution in [1.29, 1.82) is 0 Å². The van der Waals surface area contributed by atoms with E-state index in [0.717, 1.165) is 15.6 Å². The highest BCUT2D eigenvalue weighted by Gasteiger charge is 2.26. The van der Waals surface area contributed by atoms with Gasteiger partial charge in [0.15, 0.2) is 6.61 Å². The number of hydrogen-bond acceptors (Lipinski definition) is 3. The quantitative estimate of drug-likeness (QED) is 0.578. The number of nitrogens with zero attached hydrogens (tertiary/aromatic N) is 1. The Hall–Kier alpha value is -2.41. The molecule has 0 aliphatic heterocycles. The number of rotatable bonds is 9. The predicted octanol–water partition coefficient (Wildman–Crippen LogP) is 4.46. The predicted molar refractivity (Wildman–Crippen MR) is 119 cm³/mol. The third-order valence-corrected chi connectivity index (χ3v) is 5.50. The van der Waals surface area contributed by atoms with Crippen LogP contribution in [0.5, 0.6) is 5.75 Å². The minimum atomic E-state index is -0.698. The largest absolute Gasteiger partial charge is 0.484 e. The van der Waals surface area contributed by atoms with E-state index >= 15 is 0 Å². The molecule has 0 aliphatic rings. The molecule has 162 valence electrons. The van der Waals surface area contributed by atoms with E-state index < -0.39 is 6.04 Å². The molecule has 7 heteroatoms. The molecule has 0 heterocycles. The first-order valence-corrected chi connectivity index (χ1v) is 10.7. The van der Waals surface area contributed by atoms with E-state index in [0.29, 0.717) is 18.2 Å². The standard InChI is InChI=1S/C23H28BrFN2O3/c1-15(2)12-26-23(29)17(4)27(13-18-5-7-19(25)8-6-18)22(28)14-30-20-9-10-21(24)16(3)11-20/h5-11,15,17H,12-14H2,1-4H3,(H,26,29). The first-order chi connectivity index (χ1) is 14.2. The van der Waals surface area contributed by atoms with Gasteiger partial charge in [0.1, 0.15) is 17.6 Å². The van der Waals surface area contributed by atoms with Gasteiger partial charge in [-0.05, 0) is 61.2 Å². The van der Waals surface area contributed by atoms with Crippen molar-refractivity contribution >= 4 is 27.7 Å². The molecule has 1 N–H and O–H groups in total. The Morgan fingerprint density at radius 2 is 1.80 bits per heavy atom. The molecule has 1 unspecified atom stereocenters. The van der Waals surface area contributed by atoms with Gasteiger partial charge in [0.05, 0.1) is 0 Å². The van der Waals surface area contributed by atoms with Crippen LogP contribution in [0, 0.1) is 18.7 Å². The van der Waals surface area contributed by atoms with Crippen molar-refractivity contribution < 1.29 is 18.7 Å².